The second-order valence-electron chi connectivity index (χ2n) is 8.28. The predicted octanol–water partition coefficient (Wildman–Crippen LogP) is 5.52. The molecular formula is C28H26N4O5S. The number of anilines is 2. The number of nitrogens with one attached hydrogen (secondary N) is 2. The van der Waals surface area contributed by atoms with Crippen LogP contribution in [0.2, 0.25) is 0 Å². The first kappa shape index (κ1) is 26.4. The standard InChI is InChI=1S/C28H26N4O5S/c1-2-22(27(34)37-32-28(35)36-17-18-5-3-13-30-16-18)19-7-9-20(10-8-19)26(33)31-24-15-21(11-12-23(24)29)25-6-4-14-38-25/h3-16,22H,2,17,29H2,1H3,(H,31,33)(H,32,35). The van der Waals surface area contributed by atoms with Crippen molar-refractivity contribution in [3.8, 4) is 10.4 Å². The molecule has 38 heavy (non-hydrogen) atoms. The van der Waals surface area contributed by atoms with Gasteiger partial charge in [0, 0.05) is 28.4 Å². The number of pyridine rings is 1. The Balaban J connectivity index is 1.33. The van der Waals surface area contributed by atoms with Crippen LogP contribution in [0.1, 0.15) is 40.7 Å². The highest BCUT2D eigenvalue weighted by Gasteiger charge is 2.22. The van der Waals surface area contributed by atoms with E-state index in [0.29, 0.717) is 34.5 Å². The Morgan fingerprint density at radius 2 is 1.87 bits per heavy atom. The maximum atomic E-state index is 12.9. The summed E-state index contributed by atoms with van der Waals surface area (Å²) in [5, 5.41) is 4.84. The van der Waals surface area contributed by atoms with Crippen LogP contribution in [-0.2, 0) is 21.0 Å². The highest BCUT2D eigenvalue weighted by atomic mass is 32.1. The predicted molar refractivity (Wildman–Crippen MR) is 145 cm³/mol. The van der Waals surface area contributed by atoms with Crippen LogP contribution in [0.3, 0.4) is 0 Å². The van der Waals surface area contributed by atoms with Crippen molar-refractivity contribution in [1.29, 1.82) is 0 Å². The van der Waals surface area contributed by atoms with Gasteiger partial charge in [-0.3, -0.25) is 9.78 Å². The van der Waals surface area contributed by atoms with E-state index in [9.17, 15) is 14.4 Å². The van der Waals surface area contributed by atoms with E-state index >= 15 is 0 Å². The van der Waals surface area contributed by atoms with Gasteiger partial charge in [-0.05, 0) is 59.3 Å². The van der Waals surface area contributed by atoms with E-state index in [4.69, 9.17) is 15.3 Å². The van der Waals surface area contributed by atoms with E-state index in [1.165, 1.54) is 0 Å². The zero-order valence-corrected chi connectivity index (χ0v) is 21.4. The molecule has 0 bridgehead atoms. The van der Waals surface area contributed by atoms with Crippen LogP contribution < -0.4 is 16.5 Å². The molecule has 2 heterocycles. The van der Waals surface area contributed by atoms with Gasteiger partial charge in [0.05, 0.1) is 17.3 Å². The fraction of sp³-hybridized carbons (Fsp3) is 0.143. The molecule has 0 aliphatic heterocycles. The fourth-order valence-electron chi connectivity index (χ4n) is 3.69. The van der Waals surface area contributed by atoms with Gasteiger partial charge in [0.25, 0.3) is 5.91 Å². The number of benzene rings is 2. The number of hydroxylamine groups is 1. The van der Waals surface area contributed by atoms with Crippen molar-refractivity contribution in [1.82, 2.24) is 10.5 Å². The molecule has 0 saturated carbocycles. The van der Waals surface area contributed by atoms with Crippen molar-refractivity contribution in [2.24, 2.45) is 0 Å². The van der Waals surface area contributed by atoms with Crippen LogP contribution in [0.15, 0.2) is 84.5 Å². The van der Waals surface area contributed by atoms with Gasteiger partial charge >= 0.3 is 12.1 Å². The number of nitrogens with two attached hydrogens (primary N) is 1. The van der Waals surface area contributed by atoms with Gasteiger partial charge < -0.3 is 20.6 Å². The van der Waals surface area contributed by atoms with Gasteiger partial charge in [-0.25, -0.2) is 9.59 Å². The first-order valence-corrected chi connectivity index (χ1v) is 12.7. The molecule has 0 radical (unpaired) electrons. The summed E-state index contributed by atoms with van der Waals surface area (Å²) in [5.74, 6) is -1.63. The van der Waals surface area contributed by atoms with Crippen molar-refractivity contribution in [2.45, 2.75) is 25.9 Å². The van der Waals surface area contributed by atoms with Gasteiger partial charge in [-0.2, -0.15) is 0 Å². The number of nitrogen functional groups attached to an aromatic ring is 1. The number of carbonyl (C=O) groups excluding carboxylic acids is 3. The summed E-state index contributed by atoms with van der Waals surface area (Å²) in [6, 6.07) is 19.5. The van der Waals surface area contributed by atoms with Crippen molar-refractivity contribution < 1.29 is 24.0 Å². The molecule has 2 aromatic heterocycles. The average Bonchev–Trinajstić information content (AvgIpc) is 3.48. The third-order valence-corrected chi connectivity index (χ3v) is 6.62. The molecule has 1 unspecified atom stereocenters. The Hall–Kier alpha value is -4.70. The SMILES string of the molecule is CCC(C(=O)ONC(=O)OCc1cccnc1)c1ccc(C(=O)Nc2cc(-c3cccs3)ccc2N)cc1. The monoisotopic (exact) mass is 530 g/mol. The molecule has 2 aromatic carbocycles. The molecule has 0 spiro atoms. The number of aromatic nitrogens is 1. The minimum absolute atomic E-state index is 0.0120. The Bertz CT molecular complexity index is 1390. The number of rotatable bonds is 8. The molecule has 194 valence electrons. The van der Waals surface area contributed by atoms with E-state index in [-0.39, 0.29) is 12.5 Å². The van der Waals surface area contributed by atoms with Crippen LogP contribution in [-0.4, -0.2) is 23.0 Å². The summed E-state index contributed by atoms with van der Waals surface area (Å²) >= 11 is 1.60. The number of carbonyl (C=O) groups is 3. The van der Waals surface area contributed by atoms with Gasteiger partial charge in [0.1, 0.15) is 6.61 Å². The van der Waals surface area contributed by atoms with Gasteiger partial charge in [0.2, 0.25) is 0 Å². The van der Waals surface area contributed by atoms with Crippen LogP contribution >= 0.6 is 11.3 Å². The average molecular weight is 531 g/mol. The third-order valence-electron chi connectivity index (χ3n) is 5.70. The second-order valence-corrected chi connectivity index (χ2v) is 9.22. The lowest BCUT2D eigenvalue weighted by Gasteiger charge is -2.15. The molecule has 4 N–H and O–H groups in total. The molecule has 10 heteroatoms. The zero-order valence-electron chi connectivity index (χ0n) is 20.5. The number of nitrogens with zero attached hydrogens (tertiary/aromatic N) is 1. The first-order valence-electron chi connectivity index (χ1n) is 11.8. The fourth-order valence-corrected chi connectivity index (χ4v) is 4.41. The minimum atomic E-state index is -0.897. The van der Waals surface area contributed by atoms with E-state index < -0.39 is 18.0 Å². The molecule has 1 atom stereocenters. The van der Waals surface area contributed by atoms with Crippen molar-refractivity contribution in [3.05, 3.63) is 101 Å². The lowest BCUT2D eigenvalue weighted by molar-refractivity contribution is -0.151. The molecule has 0 saturated heterocycles. The van der Waals surface area contributed by atoms with Crippen molar-refractivity contribution >= 4 is 40.7 Å². The normalized spacial score (nSPS) is 11.3. The van der Waals surface area contributed by atoms with Gasteiger partial charge in [0.15, 0.2) is 0 Å². The van der Waals surface area contributed by atoms with Crippen LogP contribution in [0, 0.1) is 0 Å². The number of thiophene rings is 1. The highest BCUT2D eigenvalue weighted by molar-refractivity contribution is 7.13. The Morgan fingerprint density at radius 1 is 1.05 bits per heavy atom. The zero-order chi connectivity index (χ0) is 26.9. The Kier molecular flexibility index (Phi) is 8.68. The van der Waals surface area contributed by atoms with E-state index in [2.05, 4.69) is 10.3 Å². The topological polar surface area (TPSA) is 133 Å². The van der Waals surface area contributed by atoms with Crippen LogP contribution in [0.5, 0.6) is 0 Å². The maximum Gasteiger partial charge on any atom is 0.441 e. The lowest BCUT2D eigenvalue weighted by atomic mass is 9.95. The molecule has 4 rings (SSSR count). The molecule has 2 amide bonds. The summed E-state index contributed by atoms with van der Waals surface area (Å²) < 4.78 is 5.01. The third kappa shape index (κ3) is 6.74. The summed E-state index contributed by atoms with van der Waals surface area (Å²) in [6.07, 6.45) is 2.69. The molecule has 0 aliphatic carbocycles. The van der Waals surface area contributed by atoms with E-state index in [0.717, 1.165) is 10.4 Å². The van der Waals surface area contributed by atoms with Crippen molar-refractivity contribution in [2.75, 3.05) is 11.1 Å². The summed E-state index contributed by atoms with van der Waals surface area (Å²) in [4.78, 5) is 47.3. The summed E-state index contributed by atoms with van der Waals surface area (Å²) in [7, 11) is 0. The summed E-state index contributed by atoms with van der Waals surface area (Å²) in [5.41, 5.74) is 11.7. The van der Waals surface area contributed by atoms with Gasteiger partial charge in [-0.1, -0.05) is 37.3 Å². The Labute approximate surface area is 223 Å². The van der Waals surface area contributed by atoms with Gasteiger partial charge in [-0.15, -0.1) is 16.8 Å². The number of ether oxygens (including phenoxy) is 1. The largest absolute Gasteiger partial charge is 0.443 e. The van der Waals surface area contributed by atoms with E-state index in [1.807, 2.05) is 42.0 Å². The maximum absolute atomic E-state index is 12.9. The van der Waals surface area contributed by atoms with Crippen molar-refractivity contribution in [3.63, 3.8) is 0 Å². The second kappa shape index (κ2) is 12.5. The minimum Gasteiger partial charge on any atom is -0.443 e. The number of hydrogen-bond donors (Lipinski definition) is 3. The van der Waals surface area contributed by atoms with E-state index in [1.54, 1.807) is 66.2 Å². The molecule has 0 aliphatic rings. The van der Waals surface area contributed by atoms with Crippen LogP contribution in [0.25, 0.3) is 10.4 Å². The quantitative estimate of drug-likeness (QED) is 0.202. The molecule has 0 fully saturated rings. The summed E-state index contributed by atoms with van der Waals surface area (Å²) in [6.45, 7) is 1.80. The molecule has 9 nitrogen and oxygen atoms in total. The Morgan fingerprint density at radius 3 is 2.55 bits per heavy atom. The number of amides is 2. The highest BCUT2D eigenvalue weighted by Crippen LogP contribution is 2.30. The first-order chi connectivity index (χ1) is 18.4. The molecular weight excluding hydrogens is 504 g/mol. The lowest BCUT2D eigenvalue weighted by Crippen LogP contribution is -2.30. The molecule has 4 aromatic rings. The van der Waals surface area contributed by atoms with Crippen LogP contribution in [0.4, 0.5) is 16.2 Å². The smallest absolute Gasteiger partial charge is 0.441 e. The number of hydrogen-bond acceptors (Lipinski definition) is 8.